The van der Waals surface area contributed by atoms with Crippen LogP contribution in [-0.2, 0) is 11.2 Å². The number of nitrogens with zero attached hydrogens (tertiary/aromatic N) is 1. The Morgan fingerprint density at radius 1 is 1.31 bits per heavy atom. The third kappa shape index (κ3) is 4.18. The molecule has 1 atom stereocenters. The molecular formula is C21H23ClFNO2. The quantitative estimate of drug-likeness (QED) is 0.662. The molecule has 1 amide bonds. The standard InChI is InChI=1S/C21H23ClFNO2/c1-14-12-17(22)7-10-20(14)26-11-3-4-21(25)24-15(2)5-6-16-13-18(23)8-9-19(16)24/h7-10,12-13,15H,3-6,11H2,1-2H3/t15-/m1/s1. The van der Waals surface area contributed by atoms with Crippen molar-refractivity contribution in [3.05, 3.63) is 58.4 Å². The average molecular weight is 376 g/mol. The maximum atomic E-state index is 13.5. The van der Waals surface area contributed by atoms with Gasteiger partial charge in [-0.25, -0.2) is 4.39 Å². The van der Waals surface area contributed by atoms with Crippen LogP contribution in [0.3, 0.4) is 0 Å². The van der Waals surface area contributed by atoms with Gasteiger partial charge in [0.2, 0.25) is 5.91 Å². The SMILES string of the molecule is Cc1cc(Cl)ccc1OCCCC(=O)N1c2ccc(F)cc2CC[C@H]1C. The summed E-state index contributed by atoms with van der Waals surface area (Å²) in [7, 11) is 0. The first-order valence-corrected chi connectivity index (χ1v) is 9.33. The fourth-order valence-electron chi connectivity index (χ4n) is 3.40. The lowest BCUT2D eigenvalue weighted by atomic mass is 9.96. The van der Waals surface area contributed by atoms with Gasteiger partial charge in [0.15, 0.2) is 0 Å². The number of rotatable bonds is 5. The lowest BCUT2D eigenvalue weighted by Gasteiger charge is -2.35. The summed E-state index contributed by atoms with van der Waals surface area (Å²) in [6, 6.07) is 10.3. The molecule has 3 rings (SSSR count). The highest BCUT2D eigenvalue weighted by Gasteiger charge is 2.28. The molecule has 0 radical (unpaired) electrons. The normalized spacial score (nSPS) is 16.3. The number of fused-ring (bicyclic) bond motifs is 1. The Morgan fingerprint density at radius 2 is 2.12 bits per heavy atom. The fraction of sp³-hybridized carbons (Fsp3) is 0.381. The van der Waals surface area contributed by atoms with Crippen LogP contribution >= 0.6 is 11.6 Å². The second-order valence-corrected chi connectivity index (χ2v) is 7.22. The topological polar surface area (TPSA) is 29.5 Å². The van der Waals surface area contributed by atoms with Crippen LogP contribution in [0, 0.1) is 12.7 Å². The van der Waals surface area contributed by atoms with Crippen molar-refractivity contribution < 1.29 is 13.9 Å². The first-order chi connectivity index (χ1) is 12.5. The van der Waals surface area contributed by atoms with E-state index < -0.39 is 0 Å². The monoisotopic (exact) mass is 375 g/mol. The van der Waals surface area contributed by atoms with Crippen molar-refractivity contribution in [2.24, 2.45) is 0 Å². The van der Waals surface area contributed by atoms with Gasteiger partial charge in [-0.1, -0.05) is 11.6 Å². The van der Waals surface area contributed by atoms with E-state index in [9.17, 15) is 9.18 Å². The minimum atomic E-state index is -0.252. The number of halogens is 2. The van der Waals surface area contributed by atoms with E-state index in [4.69, 9.17) is 16.3 Å². The Kier molecular flexibility index (Phi) is 5.82. The molecule has 0 N–H and O–H groups in total. The Bertz CT molecular complexity index is 809. The molecule has 0 bridgehead atoms. The molecule has 138 valence electrons. The molecule has 0 aromatic heterocycles. The highest BCUT2D eigenvalue weighted by molar-refractivity contribution is 6.30. The zero-order chi connectivity index (χ0) is 18.7. The number of carbonyl (C=O) groups is 1. The summed E-state index contributed by atoms with van der Waals surface area (Å²) < 4.78 is 19.2. The lowest BCUT2D eigenvalue weighted by molar-refractivity contribution is -0.119. The van der Waals surface area contributed by atoms with Gasteiger partial charge in [0.25, 0.3) is 0 Å². The van der Waals surface area contributed by atoms with Crippen molar-refractivity contribution >= 4 is 23.2 Å². The van der Waals surface area contributed by atoms with Gasteiger partial charge in [-0.05, 0) is 80.6 Å². The lowest BCUT2D eigenvalue weighted by Crippen LogP contribution is -2.42. The maximum Gasteiger partial charge on any atom is 0.227 e. The maximum absolute atomic E-state index is 13.5. The second kappa shape index (κ2) is 8.09. The Hall–Kier alpha value is -2.07. The van der Waals surface area contributed by atoms with E-state index in [0.29, 0.717) is 24.5 Å². The molecule has 2 aromatic rings. The van der Waals surface area contributed by atoms with Gasteiger partial charge in [-0.3, -0.25) is 4.79 Å². The zero-order valence-electron chi connectivity index (χ0n) is 15.1. The third-order valence-electron chi connectivity index (χ3n) is 4.77. The number of hydrogen-bond donors (Lipinski definition) is 0. The molecule has 1 aliphatic rings. The minimum Gasteiger partial charge on any atom is -0.493 e. The number of ether oxygens (including phenoxy) is 1. The van der Waals surface area contributed by atoms with Crippen LogP contribution in [0.4, 0.5) is 10.1 Å². The summed E-state index contributed by atoms with van der Waals surface area (Å²) in [6.45, 7) is 4.45. The number of carbonyl (C=O) groups excluding carboxylic acids is 1. The van der Waals surface area contributed by atoms with E-state index >= 15 is 0 Å². The molecule has 0 spiro atoms. The van der Waals surface area contributed by atoms with Crippen LogP contribution in [-0.4, -0.2) is 18.6 Å². The van der Waals surface area contributed by atoms with Crippen molar-refractivity contribution in [2.45, 2.75) is 45.6 Å². The molecule has 5 heteroatoms. The Balaban J connectivity index is 1.58. The molecule has 1 aliphatic heterocycles. The van der Waals surface area contributed by atoms with E-state index in [1.54, 1.807) is 12.1 Å². The number of anilines is 1. The molecule has 3 nitrogen and oxygen atoms in total. The fourth-order valence-corrected chi connectivity index (χ4v) is 3.63. The minimum absolute atomic E-state index is 0.0569. The van der Waals surface area contributed by atoms with Crippen LogP contribution in [0.15, 0.2) is 36.4 Å². The van der Waals surface area contributed by atoms with E-state index in [1.807, 2.05) is 30.9 Å². The molecule has 26 heavy (non-hydrogen) atoms. The van der Waals surface area contributed by atoms with Gasteiger partial charge >= 0.3 is 0 Å². The van der Waals surface area contributed by atoms with Crippen molar-refractivity contribution in [1.82, 2.24) is 0 Å². The highest BCUT2D eigenvalue weighted by Crippen LogP contribution is 2.32. The smallest absolute Gasteiger partial charge is 0.227 e. The number of benzene rings is 2. The molecule has 1 heterocycles. The summed E-state index contributed by atoms with van der Waals surface area (Å²) >= 11 is 5.94. The predicted molar refractivity (Wildman–Crippen MR) is 103 cm³/mol. The zero-order valence-corrected chi connectivity index (χ0v) is 15.9. The molecule has 0 fully saturated rings. The van der Waals surface area contributed by atoms with E-state index in [1.165, 1.54) is 12.1 Å². The molecule has 0 aliphatic carbocycles. The molecular weight excluding hydrogens is 353 g/mol. The summed E-state index contributed by atoms with van der Waals surface area (Å²) in [5.41, 5.74) is 2.72. The molecule has 2 aromatic carbocycles. The third-order valence-corrected chi connectivity index (χ3v) is 5.01. The van der Waals surface area contributed by atoms with Crippen LogP contribution in [0.25, 0.3) is 0 Å². The average Bonchev–Trinajstić information content (AvgIpc) is 2.60. The van der Waals surface area contributed by atoms with E-state index in [-0.39, 0.29) is 17.8 Å². The van der Waals surface area contributed by atoms with E-state index in [2.05, 4.69) is 0 Å². The van der Waals surface area contributed by atoms with Crippen molar-refractivity contribution in [2.75, 3.05) is 11.5 Å². The van der Waals surface area contributed by atoms with Crippen LogP contribution in [0.2, 0.25) is 5.02 Å². The molecule has 0 saturated carbocycles. The first kappa shape index (κ1) is 18.7. The van der Waals surface area contributed by atoms with Gasteiger partial charge in [0, 0.05) is 23.2 Å². The van der Waals surface area contributed by atoms with E-state index in [0.717, 1.165) is 35.4 Å². The number of amides is 1. The van der Waals surface area contributed by atoms with Gasteiger partial charge < -0.3 is 9.64 Å². The van der Waals surface area contributed by atoms with Gasteiger partial charge in [0.05, 0.1) is 6.61 Å². The van der Waals surface area contributed by atoms with Gasteiger partial charge in [0.1, 0.15) is 11.6 Å². The van der Waals surface area contributed by atoms with Crippen molar-refractivity contribution in [3.63, 3.8) is 0 Å². The van der Waals surface area contributed by atoms with Gasteiger partial charge in [-0.2, -0.15) is 0 Å². The predicted octanol–water partition coefficient (Wildman–Crippen LogP) is 5.31. The van der Waals surface area contributed by atoms with Crippen LogP contribution in [0.5, 0.6) is 5.75 Å². The molecule has 0 saturated heterocycles. The van der Waals surface area contributed by atoms with Crippen molar-refractivity contribution in [1.29, 1.82) is 0 Å². The van der Waals surface area contributed by atoms with Crippen LogP contribution in [0.1, 0.15) is 37.3 Å². The first-order valence-electron chi connectivity index (χ1n) is 8.95. The summed E-state index contributed by atoms with van der Waals surface area (Å²) in [6.07, 6.45) is 2.67. The number of aryl methyl sites for hydroxylation is 2. The summed E-state index contributed by atoms with van der Waals surface area (Å²) in [5.74, 6) is 0.591. The van der Waals surface area contributed by atoms with Crippen LogP contribution < -0.4 is 9.64 Å². The number of hydrogen-bond acceptors (Lipinski definition) is 2. The Labute approximate surface area is 158 Å². The second-order valence-electron chi connectivity index (χ2n) is 6.79. The largest absolute Gasteiger partial charge is 0.493 e. The van der Waals surface area contributed by atoms with Crippen molar-refractivity contribution in [3.8, 4) is 5.75 Å². The Morgan fingerprint density at radius 3 is 2.88 bits per heavy atom. The highest BCUT2D eigenvalue weighted by atomic mass is 35.5. The molecule has 0 unspecified atom stereocenters. The summed E-state index contributed by atoms with van der Waals surface area (Å²) in [5, 5.41) is 0.680. The van der Waals surface area contributed by atoms with Gasteiger partial charge in [-0.15, -0.1) is 0 Å². The summed E-state index contributed by atoms with van der Waals surface area (Å²) in [4.78, 5) is 14.5.